The van der Waals surface area contributed by atoms with Crippen LogP contribution < -0.4 is 14.4 Å². The van der Waals surface area contributed by atoms with Gasteiger partial charge in [-0.1, -0.05) is 26.0 Å². The number of carbonyl (C=O) groups is 1. The van der Waals surface area contributed by atoms with Gasteiger partial charge in [-0.25, -0.2) is 12.8 Å². The molecular weight excluding hydrogens is 479 g/mol. The molecule has 36 heavy (non-hydrogen) atoms. The summed E-state index contributed by atoms with van der Waals surface area (Å²) >= 11 is 0. The predicted molar refractivity (Wildman–Crippen MR) is 142 cm³/mol. The van der Waals surface area contributed by atoms with Crippen molar-refractivity contribution in [1.29, 1.82) is 0 Å². The number of carbonyl (C=O) groups excluding carboxylic acids is 1. The van der Waals surface area contributed by atoms with Gasteiger partial charge in [0.15, 0.2) is 0 Å². The number of rotatable bonds is 9. The van der Waals surface area contributed by atoms with Gasteiger partial charge in [0, 0.05) is 5.56 Å². The third-order valence-corrected chi connectivity index (χ3v) is 7.25. The van der Waals surface area contributed by atoms with Gasteiger partial charge in [0.25, 0.3) is 5.91 Å². The van der Waals surface area contributed by atoms with Crippen LogP contribution >= 0.6 is 0 Å². The first-order chi connectivity index (χ1) is 16.9. The van der Waals surface area contributed by atoms with Crippen LogP contribution in [0, 0.1) is 12.7 Å². The maximum Gasteiger partial charge on any atom is 0.251 e. The lowest BCUT2D eigenvalue weighted by Gasteiger charge is -2.23. The number of hydrogen-bond donors (Lipinski definition) is 1. The Bertz CT molecular complexity index is 1320. The number of halogens is 1. The lowest BCUT2D eigenvalue weighted by atomic mass is 9.93. The quantitative estimate of drug-likeness (QED) is 0.398. The molecule has 8 heteroatoms. The Morgan fingerprint density at radius 2 is 1.61 bits per heavy atom. The van der Waals surface area contributed by atoms with Gasteiger partial charge in [-0.2, -0.15) is 0 Å². The molecule has 0 aromatic heterocycles. The van der Waals surface area contributed by atoms with Crippen LogP contribution in [0.2, 0.25) is 0 Å². The summed E-state index contributed by atoms with van der Waals surface area (Å²) < 4.78 is 44.9. The number of sulfonamides is 1. The molecule has 0 unspecified atom stereocenters. The van der Waals surface area contributed by atoms with E-state index in [4.69, 9.17) is 4.74 Å². The van der Waals surface area contributed by atoms with Gasteiger partial charge in [0.05, 0.1) is 31.6 Å². The zero-order chi connectivity index (χ0) is 26.6. The third-order valence-electron chi connectivity index (χ3n) is 6.11. The van der Waals surface area contributed by atoms with E-state index in [2.05, 4.69) is 25.2 Å². The van der Waals surface area contributed by atoms with Crippen LogP contribution in [0.1, 0.15) is 65.3 Å². The summed E-state index contributed by atoms with van der Waals surface area (Å²) in [6, 6.07) is 15.9. The van der Waals surface area contributed by atoms with Gasteiger partial charge >= 0.3 is 0 Å². The van der Waals surface area contributed by atoms with Crippen LogP contribution in [-0.2, 0) is 16.6 Å². The van der Waals surface area contributed by atoms with Gasteiger partial charge in [-0.3, -0.25) is 9.10 Å². The number of aryl methyl sites for hydroxylation is 1. The SMILES string of the molecule is COc1cc(C)c([C@@H](C)NC(=O)c2ccc(N(Cc3ccc(F)cc3)S(C)(=O)=O)cc2)cc1C(C)C. The molecule has 0 saturated heterocycles. The summed E-state index contributed by atoms with van der Waals surface area (Å²) in [5, 5.41) is 3.03. The number of methoxy groups -OCH3 is 1. The summed E-state index contributed by atoms with van der Waals surface area (Å²) in [6.07, 6.45) is 1.11. The largest absolute Gasteiger partial charge is 0.496 e. The molecule has 0 bridgehead atoms. The first-order valence-electron chi connectivity index (χ1n) is 11.7. The van der Waals surface area contributed by atoms with Crippen LogP contribution in [-0.4, -0.2) is 27.7 Å². The molecule has 0 heterocycles. The van der Waals surface area contributed by atoms with Crippen molar-refractivity contribution in [2.45, 2.75) is 46.2 Å². The van der Waals surface area contributed by atoms with E-state index >= 15 is 0 Å². The third kappa shape index (κ3) is 6.43. The fourth-order valence-corrected chi connectivity index (χ4v) is 4.99. The Morgan fingerprint density at radius 3 is 2.14 bits per heavy atom. The molecule has 0 spiro atoms. The van der Waals surface area contributed by atoms with Crippen LogP contribution in [0.15, 0.2) is 60.7 Å². The topological polar surface area (TPSA) is 75.7 Å². The highest BCUT2D eigenvalue weighted by atomic mass is 32.2. The van der Waals surface area contributed by atoms with E-state index in [9.17, 15) is 17.6 Å². The molecular formula is C28H33FN2O4S. The number of anilines is 1. The Balaban J connectivity index is 1.79. The van der Waals surface area contributed by atoms with Crippen molar-refractivity contribution >= 4 is 21.6 Å². The Morgan fingerprint density at radius 1 is 1.00 bits per heavy atom. The highest BCUT2D eigenvalue weighted by molar-refractivity contribution is 7.92. The number of amides is 1. The Hall–Kier alpha value is -3.39. The van der Waals surface area contributed by atoms with Gasteiger partial charge in [0.2, 0.25) is 10.0 Å². The van der Waals surface area contributed by atoms with Crippen molar-refractivity contribution in [3.05, 3.63) is 94.3 Å². The number of nitrogens with zero attached hydrogens (tertiary/aromatic N) is 1. The summed E-state index contributed by atoms with van der Waals surface area (Å²) in [7, 11) is -1.95. The number of hydrogen-bond acceptors (Lipinski definition) is 4. The number of nitrogens with one attached hydrogen (secondary N) is 1. The summed E-state index contributed by atoms with van der Waals surface area (Å²) in [6.45, 7) is 8.16. The van der Waals surface area contributed by atoms with Crippen molar-refractivity contribution in [1.82, 2.24) is 5.32 Å². The standard InChI is InChI=1S/C28H33FN2O4S/c1-18(2)25-16-26(19(3)15-27(25)35-5)20(4)30-28(32)22-9-13-24(14-10-22)31(36(6,33)34)17-21-7-11-23(29)12-8-21/h7-16,18,20H,17H2,1-6H3,(H,30,32)/t20-/m1/s1. The first kappa shape index (κ1) is 27.2. The maximum absolute atomic E-state index is 13.2. The molecule has 0 aliphatic carbocycles. The zero-order valence-corrected chi connectivity index (χ0v) is 22.3. The molecule has 0 fully saturated rings. The Labute approximate surface area is 213 Å². The highest BCUT2D eigenvalue weighted by Crippen LogP contribution is 2.32. The predicted octanol–water partition coefficient (Wildman–Crippen LogP) is 5.72. The van der Waals surface area contributed by atoms with Gasteiger partial charge in [-0.05, 0) is 90.6 Å². The van der Waals surface area contributed by atoms with Crippen molar-refractivity contribution < 1.29 is 22.3 Å². The van der Waals surface area contributed by atoms with Gasteiger partial charge in [0.1, 0.15) is 11.6 Å². The van der Waals surface area contributed by atoms with E-state index in [1.165, 1.54) is 16.4 Å². The van der Waals surface area contributed by atoms with Crippen LogP contribution in [0.5, 0.6) is 5.75 Å². The number of ether oxygens (including phenoxy) is 1. The molecule has 192 valence electrons. The minimum absolute atomic E-state index is 0.0522. The van der Waals surface area contributed by atoms with Crippen molar-refractivity contribution in [3.63, 3.8) is 0 Å². The van der Waals surface area contributed by atoms with E-state index in [0.29, 0.717) is 16.8 Å². The molecule has 1 amide bonds. The van der Waals surface area contributed by atoms with Crippen molar-refractivity contribution in [3.8, 4) is 5.75 Å². The van der Waals surface area contributed by atoms with Crippen molar-refractivity contribution in [2.75, 3.05) is 17.7 Å². The summed E-state index contributed by atoms with van der Waals surface area (Å²) in [4.78, 5) is 13.0. The van der Waals surface area contributed by atoms with E-state index in [1.54, 1.807) is 43.5 Å². The first-order valence-corrected chi connectivity index (χ1v) is 13.6. The molecule has 1 N–H and O–H groups in total. The fourth-order valence-electron chi connectivity index (χ4n) is 4.10. The smallest absolute Gasteiger partial charge is 0.251 e. The highest BCUT2D eigenvalue weighted by Gasteiger charge is 2.20. The maximum atomic E-state index is 13.2. The molecule has 0 saturated carbocycles. The monoisotopic (exact) mass is 512 g/mol. The summed E-state index contributed by atoms with van der Waals surface area (Å²) in [5.74, 6) is 0.443. The molecule has 0 aliphatic heterocycles. The second kappa shape index (κ2) is 11.1. The van der Waals surface area contributed by atoms with Crippen LogP contribution in [0.25, 0.3) is 0 Å². The second-order valence-electron chi connectivity index (χ2n) is 9.24. The lowest BCUT2D eigenvalue weighted by Crippen LogP contribution is -2.30. The second-order valence-corrected chi connectivity index (χ2v) is 11.2. The fraction of sp³-hybridized carbons (Fsp3) is 0.321. The number of benzene rings is 3. The van der Waals surface area contributed by atoms with E-state index in [-0.39, 0.29) is 30.2 Å². The van der Waals surface area contributed by atoms with E-state index in [0.717, 1.165) is 28.7 Å². The molecule has 3 aromatic rings. The lowest BCUT2D eigenvalue weighted by molar-refractivity contribution is 0.0940. The molecule has 6 nitrogen and oxygen atoms in total. The van der Waals surface area contributed by atoms with E-state index in [1.807, 2.05) is 19.9 Å². The van der Waals surface area contributed by atoms with Crippen LogP contribution in [0.3, 0.4) is 0 Å². The van der Waals surface area contributed by atoms with Gasteiger partial charge in [-0.15, -0.1) is 0 Å². The Kier molecular flexibility index (Phi) is 8.40. The minimum Gasteiger partial charge on any atom is -0.496 e. The summed E-state index contributed by atoms with van der Waals surface area (Å²) in [5.41, 5.74) is 4.57. The van der Waals surface area contributed by atoms with Crippen LogP contribution in [0.4, 0.5) is 10.1 Å². The molecule has 0 aliphatic rings. The van der Waals surface area contributed by atoms with Gasteiger partial charge < -0.3 is 10.1 Å². The minimum atomic E-state index is -3.61. The average Bonchev–Trinajstić information content (AvgIpc) is 2.82. The van der Waals surface area contributed by atoms with E-state index < -0.39 is 10.0 Å². The molecule has 0 radical (unpaired) electrons. The molecule has 1 atom stereocenters. The molecule has 3 rings (SSSR count). The average molecular weight is 513 g/mol. The van der Waals surface area contributed by atoms with Crippen molar-refractivity contribution in [2.24, 2.45) is 0 Å². The zero-order valence-electron chi connectivity index (χ0n) is 21.5. The molecule has 3 aromatic carbocycles. The normalized spacial score (nSPS) is 12.3.